The molecule has 1 fully saturated rings. The second-order valence-electron chi connectivity index (χ2n) is 8.09. The Morgan fingerprint density at radius 1 is 1.22 bits per heavy atom. The van der Waals surface area contributed by atoms with E-state index >= 15 is 0 Å². The van der Waals surface area contributed by atoms with Crippen molar-refractivity contribution in [2.45, 2.75) is 32.0 Å². The highest BCUT2D eigenvalue weighted by Gasteiger charge is 2.43. The van der Waals surface area contributed by atoms with Crippen LogP contribution in [0.1, 0.15) is 35.3 Å². The Labute approximate surface area is 188 Å². The molecule has 0 spiro atoms. The number of urea groups is 1. The molecule has 2 amide bonds. The van der Waals surface area contributed by atoms with Crippen molar-refractivity contribution < 1.29 is 23.0 Å². The van der Waals surface area contributed by atoms with Crippen molar-refractivity contribution in [3.63, 3.8) is 0 Å². The van der Waals surface area contributed by atoms with E-state index in [1.54, 1.807) is 21.9 Å². The summed E-state index contributed by atoms with van der Waals surface area (Å²) in [5.74, 6) is -2.34. The summed E-state index contributed by atoms with van der Waals surface area (Å²) in [6, 6.07) is 4.24. The molecule has 11 heteroatoms. The first-order chi connectivity index (χ1) is 15.3. The van der Waals surface area contributed by atoms with E-state index in [0.29, 0.717) is 56.5 Å². The maximum atomic E-state index is 14.1. The van der Waals surface area contributed by atoms with Gasteiger partial charge in [0, 0.05) is 24.2 Å². The molecule has 5 rings (SSSR count). The van der Waals surface area contributed by atoms with Crippen LogP contribution in [0.4, 0.5) is 19.4 Å². The van der Waals surface area contributed by atoms with Gasteiger partial charge in [-0.3, -0.25) is 0 Å². The summed E-state index contributed by atoms with van der Waals surface area (Å²) in [5.41, 5.74) is 1.92. The molecule has 1 saturated heterocycles. The first kappa shape index (κ1) is 21.1. The summed E-state index contributed by atoms with van der Waals surface area (Å²) in [5, 5.41) is 3.32. The molecular formula is C21H22ClF2N5O3. The Balaban J connectivity index is 1.38. The van der Waals surface area contributed by atoms with Crippen molar-refractivity contribution in [3.8, 4) is 5.75 Å². The lowest BCUT2D eigenvalue weighted by Gasteiger charge is -2.30. The lowest BCUT2D eigenvalue weighted by atomic mass is 10.0. The summed E-state index contributed by atoms with van der Waals surface area (Å²) in [4.78, 5) is 25.0. The van der Waals surface area contributed by atoms with Gasteiger partial charge in [-0.25, -0.2) is 14.8 Å². The number of hydrogen-bond acceptors (Lipinski definition) is 6. The predicted octanol–water partition coefficient (Wildman–Crippen LogP) is 3.56. The number of rotatable bonds is 3. The summed E-state index contributed by atoms with van der Waals surface area (Å²) in [6.07, 6.45) is 0. The van der Waals surface area contributed by atoms with Crippen molar-refractivity contribution in [3.05, 3.63) is 45.9 Å². The van der Waals surface area contributed by atoms with Crippen LogP contribution in [0.15, 0.2) is 18.2 Å². The van der Waals surface area contributed by atoms with Gasteiger partial charge in [-0.2, -0.15) is 8.78 Å². The Morgan fingerprint density at radius 2 is 2.00 bits per heavy atom. The average Bonchev–Trinajstić information content (AvgIpc) is 3.34. The van der Waals surface area contributed by atoms with Crippen LogP contribution in [0, 0.1) is 0 Å². The van der Waals surface area contributed by atoms with Crippen molar-refractivity contribution >= 4 is 23.4 Å². The van der Waals surface area contributed by atoms with Crippen molar-refractivity contribution in [1.29, 1.82) is 0 Å². The Hall–Kier alpha value is -2.72. The molecule has 3 aliphatic heterocycles. The van der Waals surface area contributed by atoms with E-state index in [0.717, 1.165) is 5.56 Å². The maximum absolute atomic E-state index is 14.1. The fourth-order valence-corrected chi connectivity index (χ4v) is 4.49. The molecule has 3 aliphatic rings. The van der Waals surface area contributed by atoms with Gasteiger partial charge in [0.1, 0.15) is 11.6 Å². The Bertz CT molecular complexity index is 1060. The number of nitrogens with one attached hydrogen (secondary N) is 1. The van der Waals surface area contributed by atoms with Crippen LogP contribution in [0.2, 0.25) is 5.28 Å². The topological polar surface area (TPSA) is 79.8 Å². The van der Waals surface area contributed by atoms with Gasteiger partial charge in [-0.15, -0.1) is 0 Å². The van der Waals surface area contributed by atoms with E-state index in [-0.39, 0.29) is 22.6 Å². The molecule has 1 aromatic carbocycles. The van der Waals surface area contributed by atoms with E-state index in [4.69, 9.17) is 21.1 Å². The second kappa shape index (κ2) is 8.00. The minimum atomic E-state index is -3.01. The number of alkyl halides is 2. The smallest absolute Gasteiger partial charge is 0.320 e. The van der Waals surface area contributed by atoms with Crippen LogP contribution in [-0.2, 0) is 23.7 Å². The zero-order valence-corrected chi connectivity index (χ0v) is 18.2. The molecule has 32 heavy (non-hydrogen) atoms. The lowest BCUT2D eigenvalue weighted by Crippen LogP contribution is -2.46. The number of nitrogens with zero attached hydrogens (tertiary/aromatic N) is 4. The third-order valence-electron chi connectivity index (χ3n) is 5.96. The van der Waals surface area contributed by atoms with E-state index in [9.17, 15) is 13.6 Å². The second-order valence-corrected chi connectivity index (χ2v) is 8.43. The maximum Gasteiger partial charge on any atom is 0.320 e. The van der Waals surface area contributed by atoms with Crippen molar-refractivity contribution in [1.82, 2.24) is 19.8 Å². The molecule has 1 atom stereocenters. The molecule has 0 radical (unpaired) electrons. The number of carbonyl (C=O) groups excluding carboxylic acids is 1. The summed E-state index contributed by atoms with van der Waals surface area (Å²) >= 11 is 6.15. The van der Waals surface area contributed by atoms with Crippen LogP contribution >= 0.6 is 11.6 Å². The number of carbonyl (C=O) groups is 1. The minimum Gasteiger partial charge on any atom is -0.486 e. The molecule has 0 aliphatic carbocycles. The van der Waals surface area contributed by atoms with Gasteiger partial charge >= 0.3 is 12.0 Å². The van der Waals surface area contributed by atoms with Crippen LogP contribution in [-0.4, -0.2) is 58.7 Å². The number of amides is 2. The lowest BCUT2D eigenvalue weighted by molar-refractivity contribution is -0.0214. The van der Waals surface area contributed by atoms with Crippen molar-refractivity contribution in [2.75, 3.05) is 38.2 Å². The normalized spacial score (nSPS) is 19.9. The van der Waals surface area contributed by atoms with Gasteiger partial charge in [-0.05, 0) is 24.6 Å². The number of anilines is 1. The molecule has 170 valence electrons. The zero-order valence-electron chi connectivity index (χ0n) is 17.4. The minimum absolute atomic E-state index is 0.0557. The quantitative estimate of drug-likeness (QED) is 0.698. The molecule has 0 unspecified atom stereocenters. The van der Waals surface area contributed by atoms with Gasteiger partial charge in [0.15, 0.2) is 6.61 Å². The summed E-state index contributed by atoms with van der Waals surface area (Å²) in [6.45, 7) is 3.96. The number of aromatic nitrogens is 2. The highest BCUT2D eigenvalue weighted by molar-refractivity contribution is 6.28. The fourth-order valence-electron chi connectivity index (χ4n) is 4.30. The van der Waals surface area contributed by atoms with Crippen molar-refractivity contribution in [2.24, 2.45) is 0 Å². The average molecular weight is 466 g/mol. The summed E-state index contributed by atoms with van der Waals surface area (Å²) < 4.78 is 38.8. The first-order valence-corrected chi connectivity index (χ1v) is 10.8. The van der Waals surface area contributed by atoms with Gasteiger partial charge in [-0.1, -0.05) is 12.1 Å². The largest absolute Gasteiger partial charge is 0.486 e. The van der Waals surface area contributed by atoms with Crippen LogP contribution in [0.3, 0.4) is 0 Å². The SMILES string of the molecule is C[C@@H](Nc1nc(Cl)nc2c1CN(C(=O)N1CCOCC1)C2)c1cccc2c1OCC2(F)F. The van der Waals surface area contributed by atoms with E-state index in [1.165, 1.54) is 6.07 Å². The third-order valence-corrected chi connectivity index (χ3v) is 6.13. The van der Waals surface area contributed by atoms with E-state index in [1.807, 2.05) is 6.92 Å². The molecule has 0 saturated carbocycles. The number of benzene rings is 1. The van der Waals surface area contributed by atoms with E-state index < -0.39 is 18.6 Å². The Morgan fingerprint density at radius 3 is 2.78 bits per heavy atom. The van der Waals surface area contributed by atoms with Crippen LogP contribution < -0.4 is 10.1 Å². The monoisotopic (exact) mass is 465 g/mol. The summed E-state index contributed by atoms with van der Waals surface area (Å²) in [7, 11) is 0. The number of para-hydroxylation sites is 1. The Kier molecular flexibility index (Phi) is 5.29. The highest BCUT2D eigenvalue weighted by atomic mass is 35.5. The molecule has 4 heterocycles. The number of ether oxygens (including phenoxy) is 2. The molecule has 0 bridgehead atoms. The van der Waals surface area contributed by atoms with Gasteiger partial charge < -0.3 is 24.6 Å². The molecule has 1 N–H and O–H groups in total. The molecule has 8 nitrogen and oxygen atoms in total. The van der Waals surface area contributed by atoms with Gasteiger partial charge in [0.2, 0.25) is 5.28 Å². The van der Waals surface area contributed by atoms with Gasteiger partial charge in [0.25, 0.3) is 0 Å². The first-order valence-electron chi connectivity index (χ1n) is 10.4. The number of morpholine rings is 1. The van der Waals surface area contributed by atoms with Gasteiger partial charge in [0.05, 0.1) is 43.6 Å². The predicted molar refractivity (Wildman–Crippen MR) is 112 cm³/mol. The molecule has 2 aromatic rings. The van der Waals surface area contributed by atoms with Crippen LogP contribution in [0.25, 0.3) is 0 Å². The zero-order chi connectivity index (χ0) is 22.5. The standard InChI is InChI=1S/C21H22ClF2N5O3/c1-12(13-3-2-4-15-17(13)32-11-21(15,23)24)25-18-14-9-29(10-16(14)26-19(22)27-18)20(30)28-5-7-31-8-6-28/h2-4,12H,5-11H2,1H3,(H,25,26,27)/t12-/m1/s1. The number of fused-ring (bicyclic) bond motifs is 2. The molecule has 1 aromatic heterocycles. The third kappa shape index (κ3) is 3.71. The number of hydrogen-bond donors (Lipinski definition) is 1. The van der Waals surface area contributed by atoms with Crippen LogP contribution in [0.5, 0.6) is 5.75 Å². The van der Waals surface area contributed by atoms with E-state index in [2.05, 4.69) is 15.3 Å². The number of halogens is 3. The molecular weight excluding hydrogens is 444 g/mol. The fraction of sp³-hybridized carbons (Fsp3) is 0.476. The highest BCUT2D eigenvalue weighted by Crippen LogP contribution is 2.45.